The van der Waals surface area contributed by atoms with Gasteiger partial charge in [-0.05, 0) is 35.7 Å². The van der Waals surface area contributed by atoms with Crippen LogP contribution in [0.25, 0.3) is 11.0 Å². The van der Waals surface area contributed by atoms with Gasteiger partial charge in [0.1, 0.15) is 5.65 Å². The first-order chi connectivity index (χ1) is 14.3. The quantitative estimate of drug-likeness (QED) is 0.635. The molecule has 0 saturated heterocycles. The Morgan fingerprint density at radius 3 is 2.33 bits per heavy atom. The first-order valence-corrected chi connectivity index (χ1v) is 9.44. The molecule has 3 heterocycles. The summed E-state index contributed by atoms with van der Waals surface area (Å²) in [7, 11) is 6.12. The van der Waals surface area contributed by atoms with Gasteiger partial charge in [0, 0.05) is 33.4 Å². The van der Waals surface area contributed by atoms with Gasteiger partial charge in [-0.2, -0.15) is 0 Å². The molecule has 156 valence electrons. The molecule has 1 aromatic carbocycles. The highest BCUT2D eigenvalue weighted by Crippen LogP contribution is 2.33. The second-order valence-corrected chi connectivity index (χ2v) is 7.25. The van der Waals surface area contributed by atoms with Crippen LogP contribution in [-0.2, 0) is 27.1 Å². The van der Waals surface area contributed by atoms with Gasteiger partial charge in [0.15, 0.2) is 11.5 Å². The molecule has 0 spiro atoms. The van der Waals surface area contributed by atoms with Crippen molar-refractivity contribution in [2.45, 2.75) is 13.0 Å². The Bertz CT molecular complexity index is 1290. The van der Waals surface area contributed by atoms with Crippen LogP contribution in [0.1, 0.15) is 21.5 Å². The highest BCUT2D eigenvalue weighted by molar-refractivity contribution is 5.96. The number of aryl methyl sites for hydroxylation is 1. The van der Waals surface area contributed by atoms with Gasteiger partial charge in [0.05, 0.1) is 25.2 Å². The Hall–Kier alpha value is -3.62. The first-order valence-electron chi connectivity index (χ1n) is 9.44. The average molecular weight is 410 g/mol. The number of benzene rings is 1. The highest BCUT2D eigenvalue weighted by atomic mass is 16.5. The summed E-state index contributed by atoms with van der Waals surface area (Å²) in [6, 6.07) is 5.34. The summed E-state index contributed by atoms with van der Waals surface area (Å²) in [5, 5.41) is 0.231. The smallest absolute Gasteiger partial charge is 0.332 e. The summed E-state index contributed by atoms with van der Waals surface area (Å²) in [5.74, 6) is 1.05. The third-order valence-electron chi connectivity index (χ3n) is 5.55. The molecule has 9 nitrogen and oxygen atoms in total. The standard InChI is InChI=1S/C21H22N4O5/c1-23-18-15(20(27)24(2)21(23)28)7-13(10-22-18)19(26)25-6-5-12-8-16(29-3)17(30-4)9-14(12)11-25/h7-10H,5-6,11H2,1-4H3. The van der Waals surface area contributed by atoms with Crippen LogP contribution in [0, 0.1) is 0 Å². The zero-order valence-corrected chi connectivity index (χ0v) is 17.3. The van der Waals surface area contributed by atoms with Crippen LogP contribution in [0.3, 0.4) is 0 Å². The second kappa shape index (κ2) is 7.33. The molecule has 1 amide bonds. The van der Waals surface area contributed by atoms with Crippen molar-refractivity contribution in [3.63, 3.8) is 0 Å². The van der Waals surface area contributed by atoms with E-state index in [9.17, 15) is 14.4 Å². The maximum Gasteiger partial charge on any atom is 0.332 e. The van der Waals surface area contributed by atoms with Crippen LogP contribution < -0.4 is 20.7 Å². The fourth-order valence-corrected chi connectivity index (χ4v) is 3.82. The Balaban J connectivity index is 1.70. The van der Waals surface area contributed by atoms with Gasteiger partial charge in [-0.1, -0.05) is 0 Å². The van der Waals surface area contributed by atoms with Gasteiger partial charge >= 0.3 is 5.69 Å². The lowest BCUT2D eigenvalue weighted by Crippen LogP contribution is -2.38. The minimum absolute atomic E-state index is 0.222. The number of fused-ring (bicyclic) bond motifs is 2. The molecule has 2 aromatic heterocycles. The molecule has 0 unspecified atom stereocenters. The summed E-state index contributed by atoms with van der Waals surface area (Å²) in [5.41, 5.74) is 1.71. The predicted octanol–water partition coefficient (Wildman–Crippen LogP) is 0.848. The second-order valence-electron chi connectivity index (χ2n) is 7.25. The average Bonchev–Trinajstić information content (AvgIpc) is 2.79. The van der Waals surface area contributed by atoms with Gasteiger partial charge in [-0.3, -0.25) is 18.7 Å². The van der Waals surface area contributed by atoms with Crippen molar-refractivity contribution in [3.05, 3.63) is 61.9 Å². The molecule has 3 aromatic rings. The number of methoxy groups -OCH3 is 2. The number of pyridine rings is 1. The molecule has 0 aliphatic carbocycles. The topological polar surface area (TPSA) is 95.7 Å². The van der Waals surface area contributed by atoms with E-state index in [1.54, 1.807) is 26.2 Å². The van der Waals surface area contributed by atoms with Crippen LogP contribution in [0.5, 0.6) is 11.5 Å². The van der Waals surface area contributed by atoms with Crippen molar-refractivity contribution < 1.29 is 14.3 Å². The number of amides is 1. The van der Waals surface area contributed by atoms with Crippen molar-refractivity contribution in [1.82, 2.24) is 19.0 Å². The predicted molar refractivity (Wildman–Crippen MR) is 110 cm³/mol. The van der Waals surface area contributed by atoms with E-state index in [1.165, 1.54) is 23.9 Å². The molecule has 0 bridgehead atoms. The molecule has 0 radical (unpaired) electrons. The molecule has 1 aliphatic rings. The first kappa shape index (κ1) is 19.7. The monoisotopic (exact) mass is 410 g/mol. The normalized spacial score (nSPS) is 13.3. The van der Waals surface area contributed by atoms with Crippen LogP contribution in [0.15, 0.2) is 34.0 Å². The largest absolute Gasteiger partial charge is 0.493 e. The third kappa shape index (κ3) is 3.02. The van der Waals surface area contributed by atoms with Crippen LogP contribution >= 0.6 is 0 Å². The van der Waals surface area contributed by atoms with Crippen LogP contribution in [-0.4, -0.2) is 45.7 Å². The molecular formula is C21H22N4O5. The molecule has 9 heteroatoms. The number of rotatable bonds is 3. The number of hydrogen-bond acceptors (Lipinski definition) is 6. The Morgan fingerprint density at radius 2 is 1.67 bits per heavy atom. The van der Waals surface area contributed by atoms with E-state index in [-0.39, 0.29) is 16.9 Å². The van der Waals surface area contributed by atoms with E-state index < -0.39 is 11.2 Å². The van der Waals surface area contributed by atoms with Gasteiger partial charge in [0.25, 0.3) is 11.5 Å². The third-order valence-corrected chi connectivity index (χ3v) is 5.55. The van der Waals surface area contributed by atoms with E-state index in [2.05, 4.69) is 4.98 Å². The van der Waals surface area contributed by atoms with E-state index in [4.69, 9.17) is 9.47 Å². The molecule has 0 fully saturated rings. The number of hydrogen-bond donors (Lipinski definition) is 0. The molecule has 0 atom stereocenters. The molecule has 0 N–H and O–H groups in total. The zero-order chi connectivity index (χ0) is 21.6. The lowest BCUT2D eigenvalue weighted by molar-refractivity contribution is 0.0734. The van der Waals surface area contributed by atoms with Gasteiger partial charge < -0.3 is 14.4 Å². The van der Waals surface area contributed by atoms with Crippen molar-refractivity contribution in [3.8, 4) is 11.5 Å². The summed E-state index contributed by atoms with van der Waals surface area (Å²) in [4.78, 5) is 43.6. The summed E-state index contributed by atoms with van der Waals surface area (Å²) in [6.07, 6.45) is 2.09. The maximum atomic E-state index is 13.1. The van der Waals surface area contributed by atoms with Gasteiger partial charge in [-0.15, -0.1) is 0 Å². The molecule has 4 rings (SSSR count). The van der Waals surface area contributed by atoms with E-state index >= 15 is 0 Å². The fourth-order valence-electron chi connectivity index (χ4n) is 3.82. The summed E-state index contributed by atoms with van der Waals surface area (Å²) >= 11 is 0. The lowest BCUT2D eigenvalue weighted by Gasteiger charge is -2.29. The van der Waals surface area contributed by atoms with Crippen molar-refractivity contribution >= 4 is 16.9 Å². The maximum absolute atomic E-state index is 13.1. The summed E-state index contributed by atoms with van der Waals surface area (Å²) in [6.45, 7) is 0.947. The van der Waals surface area contributed by atoms with Crippen molar-refractivity contribution in [2.24, 2.45) is 14.1 Å². The molecule has 1 aliphatic heterocycles. The lowest BCUT2D eigenvalue weighted by atomic mass is 9.98. The van der Waals surface area contributed by atoms with E-state index in [0.717, 1.165) is 15.7 Å². The van der Waals surface area contributed by atoms with Crippen LogP contribution in [0.4, 0.5) is 0 Å². The minimum atomic E-state index is -0.476. The number of carbonyl (C=O) groups excluding carboxylic acids is 1. The van der Waals surface area contributed by atoms with Crippen molar-refractivity contribution in [2.75, 3.05) is 20.8 Å². The highest BCUT2D eigenvalue weighted by Gasteiger charge is 2.24. The number of ether oxygens (including phenoxy) is 2. The molecular weight excluding hydrogens is 388 g/mol. The fraction of sp³-hybridized carbons (Fsp3) is 0.333. The van der Waals surface area contributed by atoms with E-state index in [0.29, 0.717) is 36.6 Å². The Labute approximate surface area is 172 Å². The molecule has 30 heavy (non-hydrogen) atoms. The zero-order valence-electron chi connectivity index (χ0n) is 17.3. The van der Waals surface area contributed by atoms with Crippen molar-refractivity contribution in [1.29, 1.82) is 0 Å². The Kier molecular flexibility index (Phi) is 4.81. The number of aromatic nitrogens is 3. The number of nitrogens with zero attached hydrogens (tertiary/aromatic N) is 4. The SMILES string of the molecule is COc1cc2c(cc1OC)CN(C(=O)c1cnc3c(c1)c(=O)n(C)c(=O)n3C)CC2. The number of carbonyl (C=O) groups is 1. The van der Waals surface area contributed by atoms with Crippen LogP contribution in [0.2, 0.25) is 0 Å². The Morgan fingerprint density at radius 1 is 1.00 bits per heavy atom. The van der Waals surface area contributed by atoms with Gasteiger partial charge in [-0.25, -0.2) is 9.78 Å². The van der Waals surface area contributed by atoms with E-state index in [1.807, 2.05) is 12.1 Å². The summed E-state index contributed by atoms with van der Waals surface area (Å²) < 4.78 is 13.0. The minimum Gasteiger partial charge on any atom is -0.493 e. The van der Waals surface area contributed by atoms with Gasteiger partial charge in [0.2, 0.25) is 0 Å². The molecule has 0 saturated carbocycles.